The van der Waals surface area contributed by atoms with Gasteiger partial charge in [-0.15, -0.1) is 11.5 Å². The number of likely N-dealkylation sites (tertiary alicyclic amines) is 1. The SMILES string of the molecule is C=CCC(NC(=O)C1CCCN1C(=O)CNC(=O)N=O)C(=O)NS(=O)C1(C)CC1. The Morgan fingerprint density at radius 3 is 2.62 bits per heavy atom. The molecule has 0 spiro atoms. The first-order chi connectivity index (χ1) is 13.7. The van der Waals surface area contributed by atoms with Crippen LogP contribution in [0.15, 0.2) is 17.8 Å². The molecule has 2 fully saturated rings. The molecule has 1 saturated heterocycles. The van der Waals surface area contributed by atoms with Crippen LogP contribution in [0.25, 0.3) is 0 Å². The zero-order chi connectivity index (χ0) is 21.6. The third kappa shape index (κ3) is 5.92. The third-order valence-electron chi connectivity index (χ3n) is 4.98. The maximum absolute atomic E-state index is 12.7. The van der Waals surface area contributed by atoms with Crippen molar-refractivity contribution in [3.63, 3.8) is 0 Å². The monoisotopic (exact) mass is 427 g/mol. The molecule has 3 N–H and O–H groups in total. The van der Waals surface area contributed by atoms with Crippen LogP contribution in [-0.4, -0.2) is 62.8 Å². The summed E-state index contributed by atoms with van der Waals surface area (Å²) in [5, 5.41) is 6.77. The van der Waals surface area contributed by atoms with Crippen LogP contribution in [0.2, 0.25) is 0 Å². The van der Waals surface area contributed by atoms with Gasteiger partial charge in [0, 0.05) is 11.7 Å². The first-order valence-electron chi connectivity index (χ1n) is 9.26. The van der Waals surface area contributed by atoms with Crippen molar-refractivity contribution < 1.29 is 23.4 Å². The molecule has 5 amide bonds. The molecular formula is C17H25N5O6S. The van der Waals surface area contributed by atoms with Gasteiger partial charge in [-0.25, -0.2) is 9.00 Å². The highest BCUT2D eigenvalue weighted by Crippen LogP contribution is 2.40. The number of hydrogen-bond donors (Lipinski definition) is 3. The number of amides is 5. The number of nitrogens with zero attached hydrogens (tertiary/aromatic N) is 2. The summed E-state index contributed by atoms with van der Waals surface area (Å²) >= 11 is 0. The van der Waals surface area contributed by atoms with E-state index in [4.69, 9.17) is 0 Å². The van der Waals surface area contributed by atoms with Crippen molar-refractivity contribution in [2.45, 2.75) is 55.9 Å². The molecule has 1 saturated carbocycles. The minimum absolute atomic E-state index is 0.132. The Morgan fingerprint density at radius 1 is 1.34 bits per heavy atom. The Balaban J connectivity index is 1.96. The number of rotatable bonds is 9. The number of nitroso groups, excluding NO2 is 1. The lowest BCUT2D eigenvalue weighted by molar-refractivity contribution is -0.138. The number of urea groups is 1. The van der Waals surface area contributed by atoms with Crippen LogP contribution in [-0.2, 0) is 25.4 Å². The van der Waals surface area contributed by atoms with Gasteiger partial charge in [-0.1, -0.05) is 6.08 Å². The largest absolute Gasteiger partial charge is 0.379 e. The molecule has 2 aliphatic rings. The van der Waals surface area contributed by atoms with E-state index in [1.807, 2.05) is 12.2 Å². The second-order valence-corrected chi connectivity index (χ2v) is 8.99. The van der Waals surface area contributed by atoms with E-state index < -0.39 is 58.1 Å². The van der Waals surface area contributed by atoms with Crippen molar-refractivity contribution in [3.05, 3.63) is 17.6 Å². The molecule has 0 bridgehead atoms. The van der Waals surface area contributed by atoms with Crippen molar-refractivity contribution in [1.82, 2.24) is 20.3 Å². The molecule has 2 rings (SSSR count). The van der Waals surface area contributed by atoms with Crippen LogP contribution in [0.5, 0.6) is 0 Å². The summed E-state index contributed by atoms with van der Waals surface area (Å²) < 4.78 is 14.2. The van der Waals surface area contributed by atoms with Gasteiger partial charge in [-0.2, -0.15) is 0 Å². The zero-order valence-corrected chi connectivity index (χ0v) is 17.0. The lowest BCUT2D eigenvalue weighted by atomic mass is 10.1. The van der Waals surface area contributed by atoms with Crippen molar-refractivity contribution in [1.29, 1.82) is 0 Å². The highest BCUT2D eigenvalue weighted by molar-refractivity contribution is 7.85. The van der Waals surface area contributed by atoms with E-state index in [2.05, 4.69) is 21.8 Å². The molecule has 0 radical (unpaired) electrons. The fraction of sp³-hybridized carbons (Fsp3) is 0.647. The molecular weight excluding hydrogens is 402 g/mol. The lowest BCUT2D eigenvalue weighted by Crippen LogP contribution is -2.54. The Bertz CT molecular complexity index is 738. The van der Waals surface area contributed by atoms with Crippen LogP contribution < -0.4 is 15.4 Å². The van der Waals surface area contributed by atoms with Gasteiger partial charge < -0.3 is 15.5 Å². The van der Waals surface area contributed by atoms with Gasteiger partial charge in [0.25, 0.3) is 5.91 Å². The van der Waals surface area contributed by atoms with Crippen molar-refractivity contribution >= 4 is 34.7 Å². The fourth-order valence-electron chi connectivity index (χ4n) is 2.94. The molecule has 1 aliphatic carbocycles. The molecule has 160 valence electrons. The summed E-state index contributed by atoms with van der Waals surface area (Å²) in [6, 6.07) is -2.95. The van der Waals surface area contributed by atoms with E-state index in [0.717, 1.165) is 12.8 Å². The average molecular weight is 427 g/mol. The van der Waals surface area contributed by atoms with Crippen LogP contribution in [0.1, 0.15) is 39.0 Å². The minimum Gasteiger partial charge on any atom is -0.342 e. The topological polar surface area (TPSA) is 154 Å². The zero-order valence-electron chi connectivity index (χ0n) is 16.1. The third-order valence-corrected chi connectivity index (χ3v) is 6.67. The highest BCUT2D eigenvalue weighted by atomic mass is 32.2. The van der Waals surface area contributed by atoms with Gasteiger partial charge in [0.1, 0.15) is 23.1 Å². The van der Waals surface area contributed by atoms with E-state index in [1.54, 1.807) is 0 Å². The molecule has 12 heteroatoms. The van der Waals surface area contributed by atoms with E-state index in [0.29, 0.717) is 19.4 Å². The summed E-state index contributed by atoms with van der Waals surface area (Å²) in [6.07, 6.45) is 4.08. The maximum Gasteiger partial charge on any atom is 0.379 e. The molecule has 29 heavy (non-hydrogen) atoms. The molecule has 11 nitrogen and oxygen atoms in total. The fourth-order valence-corrected chi connectivity index (χ4v) is 3.98. The number of carbonyl (C=O) groups excluding carboxylic acids is 4. The van der Waals surface area contributed by atoms with Crippen molar-refractivity contribution in [3.8, 4) is 0 Å². The van der Waals surface area contributed by atoms with Crippen LogP contribution in [0, 0.1) is 4.91 Å². The summed E-state index contributed by atoms with van der Waals surface area (Å²) in [4.78, 5) is 59.6. The molecule has 3 unspecified atom stereocenters. The Morgan fingerprint density at radius 2 is 2.03 bits per heavy atom. The van der Waals surface area contributed by atoms with Gasteiger partial charge in [0.2, 0.25) is 11.8 Å². The predicted octanol–water partition coefficient (Wildman–Crippen LogP) is -0.153. The Labute approximate surface area is 170 Å². The first-order valence-corrected chi connectivity index (χ1v) is 10.4. The van der Waals surface area contributed by atoms with Crippen LogP contribution in [0.4, 0.5) is 4.79 Å². The second-order valence-electron chi connectivity index (χ2n) is 7.27. The highest BCUT2D eigenvalue weighted by Gasteiger charge is 2.45. The molecule has 0 aromatic rings. The number of hydrogen-bond acceptors (Lipinski definition) is 6. The normalized spacial score (nSPS) is 21.4. The molecule has 1 aliphatic heterocycles. The quantitative estimate of drug-likeness (QED) is 0.343. The maximum atomic E-state index is 12.7. The Hall–Kier alpha value is -2.63. The Kier molecular flexibility index (Phi) is 7.59. The standard InChI is InChI=1S/C17H25N5O6S/c1-3-5-11(14(24)21-29(28)17(2)7-8-17)19-15(25)12-6-4-9-22(12)13(23)10-18-16(26)20-27/h3,11-12H,1,4-10H2,2H3,(H,18,26)(H,19,25)(H,21,24). The summed E-state index contributed by atoms with van der Waals surface area (Å²) in [6.45, 7) is 5.24. The number of nitrogens with one attached hydrogen (secondary N) is 3. The average Bonchev–Trinajstić information content (AvgIpc) is 3.26. The second kappa shape index (κ2) is 9.72. The molecule has 1 heterocycles. The summed E-state index contributed by atoms with van der Waals surface area (Å²) in [5.41, 5.74) is 0. The molecule has 3 atom stereocenters. The van der Waals surface area contributed by atoms with E-state index >= 15 is 0 Å². The first kappa shape index (κ1) is 22.7. The van der Waals surface area contributed by atoms with E-state index in [-0.39, 0.29) is 6.42 Å². The number of carbonyl (C=O) groups is 4. The smallest absolute Gasteiger partial charge is 0.342 e. The van der Waals surface area contributed by atoms with Crippen molar-refractivity contribution in [2.24, 2.45) is 5.18 Å². The van der Waals surface area contributed by atoms with Gasteiger partial charge in [0.15, 0.2) is 0 Å². The van der Waals surface area contributed by atoms with Crippen molar-refractivity contribution in [2.75, 3.05) is 13.1 Å². The van der Waals surface area contributed by atoms with Gasteiger partial charge in [-0.05, 0) is 39.0 Å². The minimum atomic E-state index is -1.54. The van der Waals surface area contributed by atoms with E-state index in [9.17, 15) is 28.3 Å². The van der Waals surface area contributed by atoms with Crippen LogP contribution >= 0.6 is 0 Å². The molecule has 0 aromatic heterocycles. The molecule has 0 aromatic carbocycles. The van der Waals surface area contributed by atoms with Crippen LogP contribution in [0.3, 0.4) is 0 Å². The van der Waals surface area contributed by atoms with Gasteiger partial charge in [0.05, 0.1) is 11.3 Å². The van der Waals surface area contributed by atoms with Gasteiger partial charge >= 0.3 is 6.03 Å². The summed E-state index contributed by atoms with van der Waals surface area (Å²) in [5.74, 6) is -1.64. The van der Waals surface area contributed by atoms with E-state index in [1.165, 1.54) is 11.0 Å². The summed E-state index contributed by atoms with van der Waals surface area (Å²) in [7, 11) is -1.54. The lowest BCUT2D eigenvalue weighted by Gasteiger charge is -2.26. The van der Waals surface area contributed by atoms with Gasteiger partial charge in [-0.3, -0.25) is 19.1 Å². The predicted molar refractivity (Wildman–Crippen MR) is 105 cm³/mol.